The second-order valence-corrected chi connectivity index (χ2v) is 6.22. The van der Waals surface area contributed by atoms with Crippen LogP contribution >= 0.6 is 0 Å². The molecule has 0 fully saturated rings. The lowest BCUT2D eigenvalue weighted by atomic mass is 10.1. The Morgan fingerprint density at radius 1 is 0.931 bits per heavy atom. The molecule has 146 valence electrons. The number of ether oxygens (including phenoxy) is 2. The van der Waals surface area contributed by atoms with E-state index >= 15 is 0 Å². The Morgan fingerprint density at radius 3 is 2.41 bits per heavy atom. The number of carbonyl (C=O) groups is 2. The van der Waals surface area contributed by atoms with Crippen LogP contribution in [0.5, 0.6) is 11.5 Å². The van der Waals surface area contributed by atoms with Crippen LogP contribution < -0.4 is 14.9 Å². The number of benzene rings is 3. The van der Waals surface area contributed by atoms with Gasteiger partial charge < -0.3 is 9.47 Å². The third kappa shape index (κ3) is 5.29. The Balaban J connectivity index is 1.68. The smallest absolute Gasteiger partial charge is 0.343 e. The third-order valence-corrected chi connectivity index (χ3v) is 4.10. The Kier molecular flexibility index (Phi) is 6.37. The number of amides is 1. The van der Waals surface area contributed by atoms with Gasteiger partial charge in [0.15, 0.2) is 0 Å². The number of hydrazone groups is 1. The molecule has 3 rings (SSSR count). The molecular weight excluding hydrogens is 368 g/mol. The zero-order valence-electron chi connectivity index (χ0n) is 16.1. The molecule has 1 N–H and O–H groups in total. The van der Waals surface area contributed by atoms with Crippen LogP contribution in [0.15, 0.2) is 77.9 Å². The predicted molar refractivity (Wildman–Crippen MR) is 111 cm³/mol. The first-order chi connectivity index (χ1) is 14.1. The van der Waals surface area contributed by atoms with Crippen molar-refractivity contribution in [1.82, 2.24) is 5.43 Å². The summed E-state index contributed by atoms with van der Waals surface area (Å²) in [5.74, 6) is 0.162. The maximum Gasteiger partial charge on any atom is 0.343 e. The number of esters is 1. The first-order valence-electron chi connectivity index (χ1n) is 8.92. The minimum absolute atomic E-state index is 0.322. The zero-order chi connectivity index (χ0) is 20.6. The molecule has 0 saturated heterocycles. The lowest BCUT2D eigenvalue weighted by molar-refractivity contribution is 0.0734. The van der Waals surface area contributed by atoms with Crippen LogP contribution in [0, 0.1) is 6.92 Å². The van der Waals surface area contributed by atoms with E-state index in [1.165, 1.54) is 6.21 Å². The van der Waals surface area contributed by atoms with Crippen LogP contribution in [-0.2, 0) is 0 Å². The van der Waals surface area contributed by atoms with Crippen LogP contribution in [0.3, 0.4) is 0 Å². The lowest BCUT2D eigenvalue weighted by Crippen LogP contribution is -2.17. The molecule has 0 saturated carbocycles. The van der Waals surface area contributed by atoms with E-state index in [1.54, 1.807) is 67.8 Å². The van der Waals surface area contributed by atoms with Gasteiger partial charge in [0.25, 0.3) is 5.91 Å². The molecule has 29 heavy (non-hydrogen) atoms. The highest BCUT2D eigenvalue weighted by molar-refractivity contribution is 5.96. The fourth-order valence-corrected chi connectivity index (χ4v) is 2.58. The number of nitrogens with one attached hydrogen (secondary N) is 1. The summed E-state index contributed by atoms with van der Waals surface area (Å²) in [5, 5.41) is 3.98. The van der Waals surface area contributed by atoms with Crippen LogP contribution in [0.4, 0.5) is 0 Å². The van der Waals surface area contributed by atoms with Gasteiger partial charge in [-0.05, 0) is 55.5 Å². The van der Waals surface area contributed by atoms with Crippen LogP contribution in [0.2, 0.25) is 0 Å². The van der Waals surface area contributed by atoms with Crippen molar-refractivity contribution in [1.29, 1.82) is 0 Å². The minimum atomic E-state index is -0.503. The van der Waals surface area contributed by atoms with Crippen molar-refractivity contribution >= 4 is 18.1 Å². The zero-order valence-corrected chi connectivity index (χ0v) is 16.1. The molecular formula is C23H20N2O4. The highest BCUT2D eigenvalue weighted by Gasteiger charge is 2.11. The summed E-state index contributed by atoms with van der Waals surface area (Å²) >= 11 is 0. The van der Waals surface area contributed by atoms with Gasteiger partial charge in [-0.15, -0.1) is 0 Å². The van der Waals surface area contributed by atoms with Gasteiger partial charge in [-0.3, -0.25) is 4.79 Å². The molecule has 1 amide bonds. The SMILES string of the molecule is COc1ccc(C(=O)Oc2ccccc2/C=N/NC(=O)c2cccc(C)c2)cc1. The fraction of sp³-hybridized carbons (Fsp3) is 0.0870. The molecule has 0 atom stereocenters. The van der Waals surface area contributed by atoms with Crippen molar-refractivity contribution in [3.8, 4) is 11.5 Å². The topological polar surface area (TPSA) is 77.0 Å². The summed E-state index contributed by atoms with van der Waals surface area (Å²) in [7, 11) is 1.56. The molecule has 0 aliphatic heterocycles. The molecule has 0 bridgehead atoms. The maximum absolute atomic E-state index is 12.4. The standard InChI is InChI=1S/C23H20N2O4/c1-16-6-5-8-18(14-16)22(26)25-24-15-19-7-3-4-9-21(19)29-23(27)17-10-12-20(28-2)13-11-17/h3-15H,1-2H3,(H,25,26)/b24-15+. The summed E-state index contributed by atoms with van der Waals surface area (Å²) in [6, 6.07) is 20.8. The van der Waals surface area contributed by atoms with E-state index in [0.29, 0.717) is 28.2 Å². The molecule has 0 aliphatic rings. The van der Waals surface area contributed by atoms with E-state index in [0.717, 1.165) is 5.56 Å². The number of rotatable bonds is 6. The van der Waals surface area contributed by atoms with Crippen molar-refractivity contribution in [2.45, 2.75) is 6.92 Å². The third-order valence-electron chi connectivity index (χ3n) is 4.10. The van der Waals surface area contributed by atoms with Gasteiger partial charge in [0.1, 0.15) is 11.5 Å². The van der Waals surface area contributed by atoms with Crippen LogP contribution in [0.25, 0.3) is 0 Å². The second-order valence-electron chi connectivity index (χ2n) is 6.22. The minimum Gasteiger partial charge on any atom is -0.497 e. The Hall–Kier alpha value is -3.93. The molecule has 3 aromatic rings. The van der Waals surface area contributed by atoms with Gasteiger partial charge in [0.2, 0.25) is 0 Å². The molecule has 0 aliphatic carbocycles. The Labute approximate surface area is 168 Å². The lowest BCUT2D eigenvalue weighted by Gasteiger charge is -2.08. The molecule has 0 spiro atoms. The van der Waals surface area contributed by atoms with Crippen molar-refractivity contribution in [2.75, 3.05) is 7.11 Å². The molecule has 3 aromatic carbocycles. The van der Waals surface area contributed by atoms with Gasteiger partial charge >= 0.3 is 5.97 Å². The summed E-state index contributed by atoms with van der Waals surface area (Å²) < 4.78 is 10.6. The van der Waals surface area contributed by atoms with E-state index < -0.39 is 5.97 Å². The Bertz CT molecular complexity index is 1040. The van der Waals surface area contributed by atoms with Gasteiger partial charge in [-0.2, -0.15) is 5.10 Å². The van der Waals surface area contributed by atoms with Gasteiger partial charge in [0, 0.05) is 11.1 Å². The molecule has 0 heterocycles. The van der Waals surface area contributed by atoms with Gasteiger partial charge in [-0.25, -0.2) is 10.2 Å². The number of methoxy groups -OCH3 is 1. The average molecular weight is 388 g/mol. The maximum atomic E-state index is 12.4. The summed E-state index contributed by atoms with van der Waals surface area (Å²) in [6.07, 6.45) is 1.43. The van der Waals surface area contributed by atoms with E-state index in [1.807, 2.05) is 19.1 Å². The quantitative estimate of drug-likeness (QED) is 0.300. The van der Waals surface area contributed by atoms with Gasteiger partial charge in [0.05, 0.1) is 18.9 Å². The van der Waals surface area contributed by atoms with E-state index in [9.17, 15) is 9.59 Å². The largest absolute Gasteiger partial charge is 0.497 e. The molecule has 0 radical (unpaired) electrons. The molecule has 0 unspecified atom stereocenters. The van der Waals surface area contributed by atoms with Gasteiger partial charge in [-0.1, -0.05) is 29.8 Å². The Morgan fingerprint density at radius 2 is 1.69 bits per heavy atom. The van der Waals surface area contributed by atoms with Crippen LogP contribution in [0.1, 0.15) is 31.8 Å². The number of para-hydroxylation sites is 1. The van der Waals surface area contributed by atoms with Crippen molar-refractivity contribution < 1.29 is 19.1 Å². The number of nitrogens with zero attached hydrogens (tertiary/aromatic N) is 1. The highest BCUT2D eigenvalue weighted by atomic mass is 16.5. The average Bonchev–Trinajstić information content (AvgIpc) is 2.75. The van der Waals surface area contributed by atoms with E-state index in [4.69, 9.17) is 9.47 Å². The second kappa shape index (κ2) is 9.32. The summed E-state index contributed by atoms with van der Waals surface area (Å²) in [4.78, 5) is 24.6. The van der Waals surface area contributed by atoms with Crippen molar-refractivity contribution in [3.63, 3.8) is 0 Å². The van der Waals surface area contributed by atoms with E-state index in [2.05, 4.69) is 10.5 Å². The first-order valence-corrected chi connectivity index (χ1v) is 8.92. The number of aryl methyl sites for hydroxylation is 1. The summed E-state index contributed by atoms with van der Waals surface area (Å²) in [6.45, 7) is 1.91. The number of hydrogen-bond donors (Lipinski definition) is 1. The van der Waals surface area contributed by atoms with Crippen molar-refractivity contribution in [3.05, 3.63) is 95.1 Å². The molecule has 6 heteroatoms. The molecule has 0 aromatic heterocycles. The van der Waals surface area contributed by atoms with Crippen molar-refractivity contribution in [2.24, 2.45) is 5.10 Å². The van der Waals surface area contributed by atoms with Crippen LogP contribution in [-0.4, -0.2) is 25.2 Å². The number of hydrogen-bond acceptors (Lipinski definition) is 5. The fourth-order valence-electron chi connectivity index (χ4n) is 2.58. The highest BCUT2D eigenvalue weighted by Crippen LogP contribution is 2.19. The first kappa shape index (κ1) is 19.8. The predicted octanol–water partition coefficient (Wildman–Crippen LogP) is 3.99. The monoisotopic (exact) mass is 388 g/mol. The number of carbonyl (C=O) groups excluding carboxylic acids is 2. The molecule has 6 nitrogen and oxygen atoms in total. The normalized spacial score (nSPS) is 10.6. The van der Waals surface area contributed by atoms with E-state index in [-0.39, 0.29) is 5.91 Å². The summed E-state index contributed by atoms with van der Waals surface area (Å²) in [5.41, 5.74) is 4.92.